The van der Waals surface area contributed by atoms with Crippen molar-refractivity contribution in [3.05, 3.63) is 30.1 Å². The Morgan fingerprint density at radius 1 is 1.08 bits per heavy atom. The molecule has 0 bridgehead atoms. The summed E-state index contributed by atoms with van der Waals surface area (Å²) >= 11 is 0. The number of hydrogen-bond donors (Lipinski definition) is 1. The average Bonchev–Trinajstić information content (AvgIpc) is 2.67. The Labute approximate surface area is 154 Å². The monoisotopic (exact) mass is 361 g/mol. The van der Waals surface area contributed by atoms with Crippen LogP contribution in [-0.4, -0.2) is 47.9 Å². The summed E-state index contributed by atoms with van der Waals surface area (Å²) in [5.41, 5.74) is 0.470. The molecular formula is C20H28FN3O2. The summed E-state index contributed by atoms with van der Waals surface area (Å²) < 4.78 is 13.3. The summed E-state index contributed by atoms with van der Waals surface area (Å²) in [6.07, 6.45) is 6.85. The molecule has 2 aliphatic heterocycles. The molecule has 1 aromatic rings. The Hall–Kier alpha value is -2.11. The fourth-order valence-corrected chi connectivity index (χ4v) is 3.88. The number of amides is 3. The minimum absolute atomic E-state index is 0.192. The lowest BCUT2D eigenvalue weighted by molar-refractivity contribution is -0.132. The first-order valence-electron chi connectivity index (χ1n) is 9.71. The summed E-state index contributed by atoms with van der Waals surface area (Å²) in [4.78, 5) is 28.5. The lowest BCUT2D eigenvalue weighted by Crippen LogP contribution is -2.42. The number of nitrogens with one attached hydrogen (secondary N) is 1. The van der Waals surface area contributed by atoms with Crippen molar-refractivity contribution in [3.8, 4) is 0 Å². The van der Waals surface area contributed by atoms with Crippen molar-refractivity contribution in [3.63, 3.8) is 0 Å². The van der Waals surface area contributed by atoms with E-state index in [9.17, 15) is 14.0 Å². The van der Waals surface area contributed by atoms with Crippen LogP contribution in [0.15, 0.2) is 24.3 Å². The molecule has 0 aromatic heterocycles. The molecule has 1 atom stereocenters. The molecule has 3 amide bonds. The lowest BCUT2D eigenvalue weighted by atomic mass is 9.93. The van der Waals surface area contributed by atoms with E-state index in [1.165, 1.54) is 18.6 Å². The quantitative estimate of drug-likeness (QED) is 0.885. The van der Waals surface area contributed by atoms with Crippen molar-refractivity contribution < 1.29 is 14.0 Å². The first-order chi connectivity index (χ1) is 12.6. The van der Waals surface area contributed by atoms with E-state index in [2.05, 4.69) is 5.32 Å². The second-order valence-electron chi connectivity index (χ2n) is 7.37. The number of likely N-dealkylation sites (tertiary alicyclic amines) is 2. The molecule has 2 fully saturated rings. The van der Waals surface area contributed by atoms with Crippen LogP contribution in [0, 0.1) is 11.7 Å². The molecule has 6 heteroatoms. The Balaban J connectivity index is 1.46. The SMILES string of the molecule is O=C(CC[C@H]1CCCN(C(=O)Nc2cccc(F)c2)C1)N1CCCCC1. The van der Waals surface area contributed by atoms with Crippen LogP contribution in [-0.2, 0) is 4.79 Å². The van der Waals surface area contributed by atoms with Gasteiger partial charge in [0.2, 0.25) is 5.91 Å². The van der Waals surface area contributed by atoms with Crippen molar-refractivity contribution in [1.82, 2.24) is 9.80 Å². The molecule has 142 valence electrons. The van der Waals surface area contributed by atoms with Gasteiger partial charge in [-0.25, -0.2) is 9.18 Å². The summed E-state index contributed by atoms with van der Waals surface area (Å²) in [6, 6.07) is 5.74. The van der Waals surface area contributed by atoms with E-state index < -0.39 is 0 Å². The van der Waals surface area contributed by atoms with Gasteiger partial charge in [-0.3, -0.25) is 4.79 Å². The number of hydrogen-bond acceptors (Lipinski definition) is 2. The number of carbonyl (C=O) groups excluding carboxylic acids is 2. The molecule has 0 aliphatic carbocycles. The van der Waals surface area contributed by atoms with Crippen molar-refractivity contribution >= 4 is 17.6 Å². The van der Waals surface area contributed by atoms with E-state index in [4.69, 9.17) is 0 Å². The second-order valence-corrected chi connectivity index (χ2v) is 7.37. The van der Waals surface area contributed by atoms with Gasteiger partial charge in [0.1, 0.15) is 5.82 Å². The number of rotatable bonds is 4. The van der Waals surface area contributed by atoms with Gasteiger partial charge >= 0.3 is 6.03 Å². The topological polar surface area (TPSA) is 52.7 Å². The summed E-state index contributed by atoms with van der Waals surface area (Å²) in [5, 5.41) is 2.76. The molecule has 1 aromatic carbocycles. The number of anilines is 1. The molecule has 0 saturated carbocycles. The van der Waals surface area contributed by atoms with E-state index in [-0.39, 0.29) is 17.8 Å². The van der Waals surface area contributed by atoms with Gasteiger partial charge in [-0.2, -0.15) is 0 Å². The largest absolute Gasteiger partial charge is 0.343 e. The molecule has 0 spiro atoms. The summed E-state index contributed by atoms with van der Waals surface area (Å²) in [6.45, 7) is 3.16. The molecular weight excluding hydrogens is 333 g/mol. The van der Waals surface area contributed by atoms with Gasteiger partial charge in [0.05, 0.1) is 0 Å². The van der Waals surface area contributed by atoms with Gasteiger partial charge in [0, 0.05) is 38.3 Å². The Kier molecular flexibility index (Phi) is 6.47. The molecule has 5 nitrogen and oxygen atoms in total. The lowest BCUT2D eigenvalue weighted by Gasteiger charge is -2.33. The van der Waals surface area contributed by atoms with Crippen molar-refractivity contribution in [2.75, 3.05) is 31.5 Å². The van der Waals surface area contributed by atoms with E-state index in [0.29, 0.717) is 31.1 Å². The highest BCUT2D eigenvalue weighted by molar-refractivity contribution is 5.89. The fraction of sp³-hybridized carbons (Fsp3) is 0.600. The number of piperidine rings is 2. The minimum atomic E-state index is -0.365. The van der Waals surface area contributed by atoms with Crippen molar-refractivity contribution in [1.29, 1.82) is 0 Å². The van der Waals surface area contributed by atoms with Gasteiger partial charge in [0.15, 0.2) is 0 Å². The first kappa shape index (κ1) is 18.7. The van der Waals surface area contributed by atoms with Gasteiger partial charge in [-0.05, 0) is 62.6 Å². The molecule has 2 heterocycles. The highest BCUT2D eigenvalue weighted by Gasteiger charge is 2.25. The molecule has 2 aliphatic rings. The average molecular weight is 361 g/mol. The van der Waals surface area contributed by atoms with Crippen LogP contribution in [0.2, 0.25) is 0 Å². The molecule has 3 rings (SSSR count). The predicted octanol–water partition coefficient (Wildman–Crippen LogP) is 3.86. The zero-order chi connectivity index (χ0) is 18.4. The number of urea groups is 1. The van der Waals surface area contributed by atoms with E-state index in [1.54, 1.807) is 17.0 Å². The number of carbonyl (C=O) groups is 2. The van der Waals surface area contributed by atoms with E-state index >= 15 is 0 Å². The third-order valence-corrected chi connectivity index (χ3v) is 5.36. The second kappa shape index (κ2) is 9.01. The summed E-state index contributed by atoms with van der Waals surface area (Å²) in [5.74, 6) is 0.248. The zero-order valence-electron chi connectivity index (χ0n) is 15.3. The standard InChI is InChI=1S/C20H28FN3O2/c21-17-7-4-8-18(14-17)22-20(26)24-13-5-6-16(15-24)9-10-19(25)23-11-2-1-3-12-23/h4,7-8,14,16H,1-3,5-6,9-13,15H2,(H,22,26)/t16-/m1/s1. The van der Waals surface area contributed by atoms with Gasteiger partial charge in [0.25, 0.3) is 0 Å². The normalized spacial score (nSPS) is 20.7. The number of nitrogens with zero attached hydrogens (tertiary/aromatic N) is 2. The third-order valence-electron chi connectivity index (χ3n) is 5.36. The fourth-order valence-electron chi connectivity index (χ4n) is 3.88. The van der Waals surface area contributed by atoms with E-state index in [0.717, 1.165) is 45.2 Å². The minimum Gasteiger partial charge on any atom is -0.343 e. The smallest absolute Gasteiger partial charge is 0.321 e. The maximum atomic E-state index is 13.3. The highest BCUT2D eigenvalue weighted by atomic mass is 19.1. The molecule has 0 unspecified atom stereocenters. The van der Waals surface area contributed by atoms with Gasteiger partial charge in [-0.1, -0.05) is 6.07 Å². The predicted molar refractivity (Wildman–Crippen MR) is 99.4 cm³/mol. The summed E-state index contributed by atoms with van der Waals surface area (Å²) in [7, 11) is 0. The van der Waals surface area contributed by atoms with Crippen LogP contribution < -0.4 is 5.32 Å². The first-order valence-corrected chi connectivity index (χ1v) is 9.71. The van der Waals surface area contributed by atoms with Crippen molar-refractivity contribution in [2.45, 2.75) is 44.9 Å². The van der Waals surface area contributed by atoms with Gasteiger partial charge < -0.3 is 15.1 Å². The Morgan fingerprint density at radius 2 is 1.85 bits per heavy atom. The van der Waals surface area contributed by atoms with Crippen LogP contribution in [0.25, 0.3) is 0 Å². The van der Waals surface area contributed by atoms with Crippen LogP contribution in [0.1, 0.15) is 44.9 Å². The van der Waals surface area contributed by atoms with Gasteiger partial charge in [-0.15, -0.1) is 0 Å². The van der Waals surface area contributed by atoms with Crippen LogP contribution in [0.3, 0.4) is 0 Å². The molecule has 1 N–H and O–H groups in total. The van der Waals surface area contributed by atoms with Crippen molar-refractivity contribution in [2.24, 2.45) is 5.92 Å². The van der Waals surface area contributed by atoms with Crippen LogP contribution >= 0.6 is 0 Å². The molecule has 26 heavy (non-hydrogen) atoms. The maximum absolute atomic E-state index is 13.3. The molecule has 0 radical (unpaired) electrons. The molecule has 2 saturated heterocycles. The Morgan fingerprint density at radius 3 is 2.62 bits per heavy atom. The van der Waals surface area contributed by atoms with Crippen LogP contribution in [0.5, 0.6) is 0 Å². The number of halogens is 1. The highest BCUT2D eigenvalue weighted by Crippen LogP contribution is 2.23. The third kappa shape index (κ3) is 5.19. The maximum Gasteiger partial charge on any atom is 0.321 e. The Bertz CT molecular complexity index is 631. The number of benzene rings is 1. The zero-order valence-corrected chi connectivity index (χ0v) is 15.3. The van der Waals surface area contributed by atoms with E-state index in [1.807, 2.05) is 4.90 Å². The van der Waals surface area contributed by atoms with Crippen LogP contribution in [0.4, 0.5) is 14.9 Å².